The van der Waals surface area contributed by atoms with Crippen molar-refractivity contribution >= 4 is 35.0 Å². The van der Waals surface area contributed by atoms with Crippen LogP contribution in [0, 0.1) is 6.92 Å². The fourth-order valence-electron chi connectivity index (χ4n) is 4.00. The summed E-state index contributed by atoms with van der Waals surface area (Å²) < 4.78 is 5.59. The van der Waals surface area contributed by atoms with Gasteiger partial charge in [-0.2, -0.15) is 0 Å². The van der Waals surface area contributed by atoms with E-state index in [-0.39, 0.29) is 29.6 Å². The van der Waals surface area contributed by atoms with Crippen LogP contribution in [0.25, 0.3) is 6.08 Å². The number of carbonyl (C=O) groups excluding carboxylic acids is 3. The van der Waals surface area contributed by atoms with Crippen molar-refractivity contribution in [1.29, 1.82) is 0 Å². The van der Waals surface area contributed by atoms with Gasteiger partial charge in [-0.25, -0.2) is 0 Å². The molecular weight excluding hydrogens is 500 g/mol. The van der Waals surface area contributed by atoms with Crippen LogP contribution in [0.1, 0.15) is 46.0 Å². The van der Waals surface area contributed by atoms with Gasteiger partial charge < -0.3 is 15.4 Å². The Bertz CT molecular complexity index is 1490. The highest BCUT2D eigenvalue weighted by Gasteiger charge is 2.17. The number of hydrogen-bond acceptors (Lipinski definition) is 4. The number of rotatable bonds is 11. The third kappa shape index (κ3) is 8.01. The van der Waals surface area contributed by atoms with Crippen LogP contribution in [0.4, 0.5) is 11.4 Å². The van der Waals surface area contributed by atoms with E-state index in [4.69, 9.17) is 4.74 Å². The molecule has 0 fully saturated rings. The summed E-state index contributed by atoms with van der Waals surface area (Å²) in [6, 6.07) is 28.9. The fourth-order valence-corrected chi connectivity index (χ4v) is 4.00. The monoisotopic (exact) mass is 532 g/mol. The molecule has 0 aliphatic rings. The van der Waals surface area contributed by atoms with Crippen molar-refractivity contribution in [3.63, 3.8) is 0 Å². The number of carbonyl (C=O) groups is 3. The summed E-state index contributed by atoms with van der Waals surface area (Å²) in [5, 5.41) is 5.68. The third-order valence-electron chi connectivity index (χ3n) is 6.11. The minimum absolute atomic E-state index is 0.175. The van der Waals surface area contributed by atoms with Crippen molar-refractivity contribution in [3.8, 4) is 5.75 Å². The van der Waals surface area contributed by atoms with E-state index < -0.39 is 0 Å². The largest absolute Gasteiger partial charge is 0.494 e. The highest BCUT2D eigenvalue weighted by molar-refractivity contribution is 6.15. The summed E-state index contributed by atoms with van der Waals surface area (Å²) in [5.41, 5.74) is 4.42. The summed E-state index contributed by atoms with van der Waals surface area (Å²) in [7, 11) is 0. The van der Waals surface area contributed by atoms with Gasteiger partial charge in [-0.05, 0) is 60.9 Å². The van der Waals surface area contributed by atoms with Gasteiger partial charge in [0.25, 0.3) is 0 Å². The number of ether oxygens (including phenoxy) is 1. The van der Waals surface area contributed by atoms with E-state index in [0.717, 1.165) is 28.9 Å². The van der Waals surface area contributed by atoms with Gasteiger partial charge in [0.15, 0.2) is 5.78 Å². The lowest BCUT2D eigenvalue weighted by atomic mass is 10.0. The zero-order valence-electron chi connectivity index (χ0n) is 22.6. The average molecular weight is 533 g/mol. The maximum atomic E-state index is 13.4. The lowest BCUT2D eigenvalue weighted by molar-refractivity contribution is -0.115. The number of aryl methyl sites for hydroxylation is 1. The molecule has 0 saturated carbocycles. The minimum atomic E-state index is -0.347. The number of nitrogens with one attached hydrogen (secondary N) is 2. The second-order valence-corrected chi connectivity index (χ2v) is 9.41. The van der Waals surface area contributed by atoms with Crippen LogP contribution in [0.2, 0.25) is 0 Å². The molecule has 0 radical (unpaired) electrons. The predicted octanol–water partition coefficient (Wildman–Crippen LogP) is 6.85. The van der Waals surface area contributed by atoms with Crippen molar-refractivity contribution in [2.75, 3.05) is 17.2 Å². The Labute approximate surface area is 234 Å². The van der Waals surface area contributed by atoms with Gasteiger partial charge in [0.05, 0.1) is 18.7 Å². The Morgan fingerprint density at radius 1 is 0.825 bits per heavy atom. The lowest BCUT2D eigenvalue weighted by Gasteiger charge is -2.13. The second-order valence-electron chi connectivity index (χ2n) is 9.41. The molecule has 4 aromatic rings. The van der Waals surface area contributed by atoms with Crippen LogP contribution in [0.15, 0.2) is 103 Å². The molecule has 4 aromatic carbocycles. The van der Waals surface area contributed by atoms with Crippen molar-refractivity contribution < 1.29 is 19.1 Å². The van der Waals surface area contributed by atoms with Gasteiger partial charge in [-0.3, -0.25) is 14.4 Å². The van der Waals surface area contributed by atoms with Gasteiger partial charge in [-0.1, -0.05) is 79.2 Å². The Kier molecular flexibility index (Phi) is 9.62. The summed E-state index contributed by atoms with van der Waals surface area (Å²) in [4.78, 5) is 38.9. The molecule has 202 valence electrons. The Hall–Kier alpha value is -4.97. The van der Waals surface area contributed by atoms with E-state index >= 15 is 0 Å². The van der Waals surface area contributed by atoms with E-state index in [2.05, 4.69) is 10.6 Å². The first kappa shape index (κ1) is 28.0. The molecule has 6 nitrogen and oxygen atoms in total. The molecule has 40 heavy (non-hydrogen) atoms. The van der Waals surface area contributed by atoms with Crippen LogP contribution in [0.5, 0.6) is 5.75 Å². The minimum Gasteiger partial charge on any atom is -0.494 e. The Morgan fingerprint density at radius 3 is 2.25 bits per heavy atom. The van der Waals surface area contributed by atoms with Crippen LogP contribution < -0.4 is 15.4 Å². The van der Waals surface area contributed by atoms with E-state index in [1.807, 2.05) is 68.4 Å². The van der Waals surface area contributed by atoms with E-state index in [1.54, 1.807) is 48.5 Å². The van der Waals surface area contributed by atoms with Crippen LogP contribution >= 0.6 is 0 Å². The molecule has 0 atom stereocenters. The molecule has 2 N–H and O–H groups in total. The summed E-state index contributed by atoms with van der Waals surface area (Å²) in [6.45, 7) is 4.69. The van der Waals surface area contributed by atoms with Crippen LogP contribution in [-0.4, -0.2) is 24.2 Å². The molecule has 0 aliphatic heterocycles. The molecule has 4 rings (SSSR count). The summed E-state index contributed by atoms with van der Waals surface area (Å²) >= 11 is 0. The maximum Gasteiger partial charge on any atom is 0.248 e. The highest BCUT2D eigenvalue weighted by atomic mass is 16.5. The first-order chi connectivity index (χ1) is 19.4. The maximum absolute atomic E-state index is 13.4. The first-order valence-corrected chi connectivity index (χ1v) is 13.2. The quantitative estimate of drug-likeness (QED) is 0.163. The molecule has 0 aromatic heterocycles. The number of amides is 2. The fraction of sp³-hybridized carbons (Fsp3) is 0.147. The summed E-state index contributed by atoms with van der Waals surface area (Å²) in [5.74, 6) is -0.0641. The standard InChI is InChI=1S/C34H32N2O4/c1-3-21-40-29-17-13-25(14-18-29)15-20-32(37)35-28-16-19-31(30(23-28)34(39)27-7-5-4-6-8-27)36-33(38)22-26-11-9-24(2)10-12-26/h4-20,23H,3,21-22H2,1-2H3,(H,35,37)(H,36,38)/b20-15+. The van der Waals surface area contributed by atoms with Crippen molar-refractivity contribution in [1.82, 2.24) is 0 Å². The molecule has 6 heteroatoms. The molecule has 0 heterocycles. The highest BCUT2D eigenvalue weighted by Crippen LogP contribution is 2.24. The summed E-state index contributed by atoms with van der Waals surface area (Å²) in [6.07, 6.45) is 4.24. The molecular formula is C34H32N2O4. The lowest BCUT2D eigenvalue weighted by Crippen LogP contribution is -2.18. The first-order valence-electron chi connectivity index (χ1n) is 13.2. The van der Waals surface area contributed by atoms with Crippen molar-refractivity contribution in [3.05, 3.63) is 131 Å². The molecule has 0 unspecified atom stereocenters. The van der Waals surface area contributed by atoms with Crippen molar-refractivity contribution in [2.24, 2.45) is 0 Å². The normalized spacial score (nSPS) is 10.8. The smallest absolute Gasteiger partial charge is 0.248 e. The molecule has 0 aliphatic carbocycles. The van der Waals surface area contributed by atoms with Crippen LogP contribution in [0.3, 0.4) is 0 Å². The molecule has 0 spiro atoms. The molecule has 0 bridgehead atoms. The van der Waals surface area contributed by atoms with Gasteiger partial charge in [0.2, 0.25) is 11.8 Å². The zero-order valence-corrected chi connectivity index (χ0v) is 22.6. The number of benzene rings is 4. The number of ketones is 1. The van der Waals surface area contributed by atoms with Gasteiger partial charge >= 0.3 is 0 Å². The number of anilines is 2. The molecule has 0 saturated heterocycles. The zero-order chi connectivity index (χ0) is 28.3. The Balaban J connectivity index is 1.50. The SMILES string of the molecule is CCCOc1ccc(/C=C/C(=O)Nc2ccc(NC(=O)Cc3ccc(C)cc3)c(C(=O)c3ccccc3)c2)cc1. The topological polar surface area (TPSA) is 84.5 Å². The third-order valence-corrected chi connectivity index (χ3v) is 6.11. The Morgan fingerprint density at radius 2 is 1.55 bits per heavy atom. The van der Waals surface area contributed by atoms with E-state index in [1.165, 1.54) is 6.08 Å². The van der Waals surface area contributed by atoms with E-state index in [9.17, 15) is 14.4 Å². The van der Waals surface area contributed by atoms with Gasteiger partial charge in [-0.15, -0.1) is 0 Å². The molecule has 2 amide bonds. The van der Waals surface area contributed by atoms with Crippen LogP contribution in [-0.2, 0) is 16.0 Å². The predicted molar refractivity (Wildman–Crippen MR) is 160 cm³/mol. The van der Waals surface area contributed by atoms with Gasteiger partial charge in [0.1, 0.15) is 5.75 Å². The average Bonchev–Trinajstić information content (AvgIpc) is 2.97. The van der Waals surface area contributed by atoms with E-state index in [0.29, 0.717) is 23.5 Å². The number of hydrogen-bond donors (Lipinski definition) is 2. The van der Waals surface area contributed by atoms with Crippen molar-refractivity contribution in [2.45, 2.75) is 26.7 Å². The second kappa shape index (κ2) is 13.7. The van der Waals surface area contributed by atoms with Gasteiger partial charge in [0, 0.05) is 22.9 Å².